The average molecular weight is 470 g/mol. The molecule has 1 amide bonds. The Balaban J connectivity index is 2.42. The molecule has 0 radical (unpaired) electrons. The highest BCUT2D eigenvalue weighted by Crippen LogP contribution is 2.41. The van der Waals surface area contributed by atoms with Crippen molar-refractivity contribution < 1.29 is 28.5 Å². The Hall–Kier alpha value is -3.04. The maximum atomic E-state index is 12.9. The zero-order valence-corrected chi connectivity index (χ0v) is 19.0. The van der Waals surface area contributed by atoms with Crippen LogP contribution in [0.5, 0.6) is 23.0 Å². The number of halogens is 2. The van der Waals surface area contributed by atoms with Crippen LogP contribution in [0.4, 0.5) is 11.4 Å². The molecular formula is C20H21Cl2N3O6. The summed E-state index contributed by atoms with van der Waals surface area (Å²) in [6, 6.07) is 4.63. The van der Waals surface area contributed by atoms with Crippen molar-refractivity contribution >= 4 is 46.3 Å². The SMILES string of the molecule is COc1cc(Cl)cc(OC)c1N=NC(C(C)=O)C(=O)Nc1c(OC)ccc(Cl)c1OC. The highest BCUT2D eigenvalue weighted by Gasteiger charge is 2.27. The van der Waals surface area contributed by atoms with Gasteiger partial charge in [-0.3, -0.25) is 9.59 Å². The number of hydrogen-bond acceptors (Lipinski definition) is 8. The molecule has 1 N–H and O–H groups in total. The summed E-state index contributed by atoms with van der Waals surface area (Å²) in [5.41, 5.74) is 0.331. The van der Waals surface area contributed by atoms with Gasteiger partial charge in [0.1, 0.15) is 11.4 Å². The molecule has 11 heteroatoms. The van der Waals surface area contributed by atoms with E-state index in [1.165, 1.54) is 47.5 Å². The second-order valence-electron chi connectivity index (χ2n) is 6.03. The van der Waals surface area contributed by atoms with Crippen LogP contribution >= 0.6 is 23.2 Å². The predicted octanol–water partition coefficient (Wildman–Crippen LogP) is 4.71. The van der Waals surface area contributed by atoms with Gasteiger partial charge >= 0.3 is 0 Å². The summed E-state index contributed by atoms with van der Waals surface area (Å²) < 4.78 is 21.0. The van der Waals surface area contributed by atoms with E-state index in [4.69, 9.17) is 42.1 Å². The molecule has 0 saturated carbocycles. The van der Waals surface area contributed by atoms with Crippen molar-refractivity contribution in [2.45, 2.75) is 13.0 Å². The fraction of sp³-hybridized carbons (Fsp3) is 0.300. The number of rotatable bonds is 9. The molecular weight excluding hydrogens is 449 g/mol. The quantitative estimate of drug-likeness (QED) is 0.420. The highest BCUT2D eigenvalue weighted by molar-refractivity contribution is 6.33. The number of anilines is 1. The molecule has 2 aromatic carbocycles. The summed E-state index contributed by atoms with van der Waals surface area (Å²) in [4.78, 5) is 25.0. The van der Waals surface area contributed by atoms with Gasteiger partial charge in [-0.15, -0.1) is 5.11 Å². The zero-order valence-electron chi connectivity index (χ0n) is 17.5. The average Bonchev–Trinajstić information content (AvgIpc) is 2.74. The lowest BCUT2D eigenvalue weighted by Gasteiger charge is -2.16. The van der Waals surface area contributed by atoms with Crippen LogP contribution in [0.15, 0.2) is 34.5 Å². The van der Waals surface area contributed by atoms with Gasteiger partial charge in [0.15, 0.2) is 28.7 Å². The van der Waals surface area contributed by atoms with E-state index in [1.54, 1.807) is 12.1 Å². The van der Waals surface area contributed by atoms with Crippen LogP contribution in [-0.2, 0) is 9.59 Å². The second kappa shape index (κ2) is 10.8. The van der Waals surface area contributed by atoms with Crippen LogP contribution in [0.3, 0.4) is 0 Å². The van der Waals surface area contributed by atoms with Crippen LogP contribution in [0.1, 0.15) is 6.92 Å². The van der Waals surface area contributed by atoms with Crippen LogP contribution in [-0.4, -0.2) is 46.2 Å². The maximum absolute atomic E-state index is 12.9. The van der Waals surface area contributed by atoms with Gasteiger partial charge < -0.3 is 24.3 Å². The van der Waals surface area contributed by atoms with Gasteiger partial charge in [0.05, 0.1) is 33.5 Å². The summed E-state index contributed by atoms with van der Waals surface area (Å²) in [7, 11) is 5.63. The molecule has 1 unspecified atom stereocenters. The number of methoxy groups -OCH3 is 4. The minimum Gasteiger partial charge on any atom is -0.494 e. The third-order valence-corrected chi connectivity index (χ3v) is 4.61. The lowest BCUT2D eigenvalue weighted by atomic mass is 10.2. The number of carbonyl (C=O) groups excluding carboxylic acids is 2. The molecule has 166 valence electrons. The van der Waals surface area contributed by atoms with Crippen molar-refractivity contribution in [2.24, 2.45) is 10.2 Å². The first-order chi connectivity index (χ1) is 14.8. The number of ketones is 1. The van der Waals surface area contributed by atoms with Crippen LogP contribution < -0.4 is 24.3 Å². The Bertz CT molecular complexity index is 988. The first-order valence-corrected chi connectivity index (χ1v) is 9.57. The molecule has 9 nitrogen and oxygen atoms in total. The standard InChI is InChI=1S/C20H21Cl2N3O6/c1-10(26)16(24-25-17-14(29-3)8-11(21)9-15(17)30-4)20(27)23-18-13(28-2)7-6-12(22)19(18)31-5/h6-9,16H,1-5H3,(H,23,27). The van der Waals surface area contributed by atoms with Crippen molar-refractivity contribution in [1.29, 1.82) is 0 Å². The van der Waals surface area contributed by atoms with Gasteiger partial charge in [-0.1, -0.05) is 23.2 Å². The Labute approximate surface area is 189 Å². The molecule has 2 aromatic rings. The van der Waals surface area contributed by atoms with E-state index >= 15 is 0 Å². The van der Waals surface area contributed by atoms with E-state index in [-0.39, 0.29) is 39.4 Å². The molecule has 0 aromatic heterocycles. The molecule has 0 aliphatic rings. The Kier molecular flexibility index (Phi) is 8.47. The fourth-order valence-electron chi connectivity index (χ4n) is 2.61. The highest BCUT2D eigenvalue weighted by atomic mass is 35.5. The molecule has 0 spiro atoms. The predicted molar refractivity (Wildman–Crippen MR) is 117 cm³/mol. The number of hydrogen-bond donors (Lipinski definition) is 1. The van der Waals surface area contributed by atoms with Gasteiger partial charge in [0.2, 0.25) is 6.04 Å². The van der Waals surface area contributed by atoms with Crippen molar-refractivity contribution in [3.63, 3.8) is 0 Å². The summed E-state index contributed by atoms with van der Waals surface area (Å²) in [5, 5.41) is 11.1. The Morgan fingerprint density at radius 3 is 2.00 bits per heavy atom. The molecule has 1 atom stereocenters. The summed E-state index contributed by atoms with van der Waals surface area (Å²) in [6.07, 6.45) is 0. The molecule has 0 heterocycles. The number of ether oxygens (including phenoxy) is 4. The van der Waals surface area contributed by atoms with Gasteiger partial charge in [-0.2, -0.15) is 5.11 Å². The Morgan fingerprint density at radius 1 is 0.935 bits per heavy atom. The van der Waals surface area contributed by atoms with Crippen LogP contribution in [0.2, 0.25) is 10.0 Å². The van der Waals surface area contributed by atoms with Gasteiger partial charge in [0, 0.05) is 17.2 Å². The minimum atomic E-state index is -1.47. The van der Waals surface area contributed by atoms with Crippen molar-refractivity contribution in [3.05, 3.63) is 34.3 Å². The monoisotopic (exact) mass is 469 g/mol. The molecule has 0 bridgehead atoms. The van der Waals surface area contributed by atoms with Crippen molar-refractivity contribution in [2.75, 3.05) is 33.8 Å². The third kappa shape index (κ3) is 5.56. The molecule has 0 saturated heterocycles. The van der Waals surface area contributed by atoms with E-state index in [1.807, 2.05) is 0 Å². The van der Waals surface area contributed by atoms with E-state index in [2.05, 4.69) is 15.5 Å². The first kappa shape index (κ1) is 24.2. The summed E-state index contributed by atoms with van der Waals surface area (Å²) in [6.45, 7) is 1.21. The molecule has 2 rings (SSSR count). The first-order valence-electron chi connectivity index (χ1n) is 8.81. The molecule has 0 fully saturated rings. The van der Waals surface area contributed by atoms with Crippen molar-refractivity contribution in [1.82, 2.24) is 0 Å². The molecule has 0 aliphatic carbocycles. The van der Waals surface area contributed by atoms with E-state index in [0.29, 0.717) is 5.02 Å². The summed E-state index contributed by atoms with van der Waals surface area (Å²) in [5.74, 6) is -0.331. The number of amides is 1. The van der Waals surface area contributed by atoms with Crippen molar-refractivity contribution in [3.8, 4) is 23.0 Å². The fourth-order valence-corrected chi connectivity index (χ4v) is 3.05. The number of Topliss-reactive ketones (excluding diaryl/α,β-unsaturated/α-hetero) is 1. The molecule has 0 aliphatic heterocycles. The largest absolute Gasteiger partial charge is 0.494 e. The number of nitrogens with zero attached hydrogens (tertiary/aromatic N) is 2. The number of carbonyl (C=O) groups is 2. The maximum Gasteiger partial charge on any atom is 0.259 e. The van der Waals surface area contributed by atoms with E-state index < -0.39 is 17.7 Å². The zero-order chi connectivity index (χ0) is 23.1. The number of nitrogens with one attached hydrogen (secondary N) is 1. The Morgan fingerprint density at radius 2 is 1.52 bits per heavy atom. The van der Waals surface area contributed by atoms with Gasteiger partial charge in [-0.05, 0) is 19.1 Å². The lowest BCUT2D eigenvalue weighted by molar-refractivity contribution is -0.126. The van der Waals surface area contributed by atoms with E-state index in [9.17, 15) is 9.59 Å². The van der Waals surface area contributed by atoms with Crippen LogP contribution in [0, 0.1) is 0 Å². The van der Waals surface area contributed by atoms with Gasteiger partial charge in [0.25, 0.3) is 5.91 Å². The normalized spacial score (nSPS) is 11.7. The minimum absolute atomic E-state index is 0.158. The number of benzene rings is 2. The summed E-state index contributed by atoms with van der Waals surface area (Å²) >= 11 is 12.1. The lowest BCUT2D eigenvalue weighted by Crippen LogP contribution is -2.32. The van der Waals surface area contributed by atoms with Crippen LogP contribution in [0.25, 0.3) is 0 Å². The second-order valence-corrected chi connectivity index (χ2v) is 6.88. The topological polar surface area (TPSA) is 108 Å². The molecule has 31 heavy (non-hydrogen) atoms. The van der Waals surface area contributed by atoms with E-state index in [0.717, 1.165) is 0 Å². The smallest absolute Gasteiger partial charge is 0.259 e. The third-order valence-electron chi connectivity index (χ3n) is 4.09. The number of azo groups is 1. The van der Waals surface area contributed by atoms with Gasteiger partial charge in [-0.25, -0.2) is 0 Å².